The van der Waals surface area contributed by atoms with Crippen LogP contribution in [0.25, 0.3) is 11.1 Å². The van der Waals surface area contributed by atoms with Crippen molar-refractivity contribution in [2.24, 2.45) is 7.05 Å². The van der Waals surface area contributed by atoms with E-state index in [1.807, 2.05) is 45.2 Å². The monoisotopic (exact) mass is 478 g/mol. The first-order chi connectivity index (χ1) is 14.7. The van der Waals surface area contributed by atoms with Crippen LogP contribution in [0, 0.1) is 13.8 Å². The molecule has 31 heavy (non-hydrogen) atoms. The van der Waals surface area contributed by atoms with Crippen LogP contribution >= 0.6 is 23.2 Å². The molecule has 1 N–H and O–H groups in total. The van der Waals surface area contributed by atoms with Gasteiger partial charge in [0.2, 0.25) is 0 Å². The number of aryl methyl sites for hydroxylation is 2. The lowest BCUT2D eigenvalue weighted by Crippen LogP contribution is -2.22. The van der Waals surface area contributed by atoms with E-state index in [-0.39, 0.29) is 0 Å². The zero-order valence-electron chi connectivity index (χ0n) is 18.5. The zero-order chi connectivity index (χ0) is 22.7. The van der Waals surface area contributed by atoms with Crippen LogP contribution in [0.3, 0.4) is 0 Å². The molecule has 5 nitrogen and oxygen atoms in total. The topological polar surface area (TPSA) is 50.2 Å². The van der Waals surface area contributed by atoms with Crippen molar-refractivity contribution in [3.63, 3.8) is 0 Å². The number of hydrogen-bond donors (Lipinski definition) is 1. The molecule has 1 unspecified atom stereocenters. The van der Waals surface area contributed by atoms with Crippen LogP contribution in [-0.4, -0.2) is 32.0 Å². The van der Waals surface area contributed by atoms with Gasteiger partial charge in [-0.05, 0) is 61.8 Å². The summed E-state index contributed by atoms with van der Waals surface area (Å²) >= 11 is 13.1. The van der Waals surface area contributed by atoms with Crippen LogP contribution in [0.15, 0.2) is 41.3 Å². The third-order valence-electron chi connectivity index (χ3n) is 5.45. The predicted molar refractivity (Wildman–Crippen MR) is 131 cm³/mol. The lowest BCUT2D eigenvalue weighted by atomic mass is 10.0. The molecule has 0 radical (unpaired) electrons. The molecular weight excluding hydrogens is 451 g/mol. The summed E-state index contributed by atoms with van der Waals surface area (Å²) in [5.74, 6) is 0. The van der Waals surface area contributed by atoms with E-state index in [1.165, 1.54) is 5.56 Å². The minimum Gasteiger partial charge on any atom is -0.300 e. The number of anilines is 1. The Balaban J connectivity index is 1.89. The molecule has 166 valence electrons. The maximum absolute atomic E-state index is 13.0. The van der Waals surface area contributed by atoms with Gasteiger partial charge < -0.3 is 0 Å². The van der Waals surface area contributed by atoms with Gasteiger partial charge >= 0.3 is 0 Å². The number of hydrogen-bond acceptors (Lipinski definition) is 3. The van der Waals surface area contributed by atoms with Gasteiger partial charge in [0, 0.05) is 13.6 Å². The lowest BCUT2D eigenvalue weighted by molar-refractivity contribution is 0.296. The van der Waals surface area contributed by atoms with Crippen LogP contribution < -0.4 is 4.72 Å². The predicted octanol–water partition coefficient (Wildman–Crippen LogP) is 5.99. The molecule has 0 aliphatic carbocycles. The van der Waals surface area contributed by atoms with Crippen molar-refractivity contribution in [2.75, 3.05) is 17.8 Å². The highest BCUT2D eigenvalue weighted by Crippen LogP contribution is 2.35. The molecule has 8 heteroatoms. The number of rotatable bonds is 8. The van der Waals surface area contributed by atoms with Gasteiger partial charge in [-0.25, -0.2) is 4.21 Å². The van der Waals surface area contributed by atoms with Crippen molar-refractivity contribution in [1.82, 2.24) is 14.7 Å². The Morgan fingerprint density at radius 1 is 1.06 bits per heavy atom. The number of nitrogens with zero attached hydrogens (tertiary/aromatic N) is 3. The minimum atomic E-state index is -1.62. The Labute approximate surface area is 196 Å². The smallest absolute Gasteiger partial charge is 0.153 e. The molecule has 3 rings (SSSR count). The van der Waals surface area contributed by atoms with Gasteiger partial charge in [-0.3, -0.25) is 14.3 Å². The molecule has 1 heterocycles. The summed E-state index contributed by atoms with van der Waals surface area (Å²) in [7, 11) is 0.229. The molecule has 0 saturated heterocycles. The summed E-state index contributed by atoms with van der Waals surface area (Å²) in [5.41, 5.74) is 5.52. The van der Waals surface area contributed by atoms with Gasteiger partial charge in [0.25, 0.3) is 0 Å². The van der Waals surface area contributed by atoms with E-state index in [2.05, 4.69) is 40.7 Å². The second kappa shape index (κ2) is 10.2. The SMILES string of the molecule is CCN(CC)Cc1cccc(-c2cc(Cl)c(S(=O)Nc3c(C)nn(C)c3C)c(Cl)c2)c1. The second-order valence-corrected chi connectivity index (χ2v) is 9.44. The lowest BCUT2D eigenvalue weighted by Gasteiger charge is -2.18. The first kappa shape index (κ1) is 23.8. The first-order valence-electron chi connectivity index (χ1n) is 10.2. The van der Waals surface area contributed by atoms with Crippen LogP contribution in [0.2, 0.25) is 10.0 Å². The highest BCUT2D eigenvalue weighted by molar-refractivity contribution is 7.86. The Bertz CT molecular complexity index is 1090. The first-order valence-corrected chi connectivity index (χ1v) is 12.1. The molecule has 0 fully saturated rings. The van der Waals surface area contributed by atoms with Crippen molar-refractivity contribution < 1.29 is 4.21 Å². The fourth-order valence-corrected chi connectivity index (χ4v) is 5.49. The maximum Gasteiger partial charge on any atom is 0.153 e. The molecular formula is C23H28Cl2N4OS. The van der Waals surface area contributed by atoms with E-state index in [0.29, 0.717) is 14.9 Å². The summed E-state index contributed by atoms with van der Waals surface area (Å²) in [5, 5.41) is 5.07. The summed E-state index contributed by atoms with van der Waals surface area (Å²) in [6.07, 6.45) is 0. The number of aromatic nitrogens is 2. The molecule has 1 atom stereocenters. The van der Waals surface area contributed by atoms with E-state index < -0.39 is 11.0 Å². The van der Waals surface area contributed by atoms with E-state index >= 15 is 0 Å². The van der Waals surface area contributed by atoms with E-state index in [4.69, 9.17) is 23.2 Å². The van der Waals surface area contributed by atoms with Gasteiger partial charge in [0.15, 0.2) is 11.0 Å². The molecule has 1 aromatic heterocycles. The molecule has 0 aliphatic heterocycles. The third-order valence-corrected chi connectivity index (χ3v) is 7.47. The molecule has 2 aromatic carbocycles. The number of nitrogens with one attached hydrogen (secondary N) is 1. The highest BCUT2D eigenvalue weighted by atomic mass is 35.5. The normalized spacial score (nSPS) is 12.4. The highest BCUT2D eigenvalue weighted by Gasteiger charge is 2.19. The van der Waals surface area contributed by atoms with Gasteiger partial charge in [-0.1, -0.05) is 55.2 Å². The zero-order valence-corrected chi connectivity index (χ0v) is 20.8. The Kier molecular flexibility index (Phi) is 7.81. The van der Waals surface area contributed by atoms with Crippen LogP contribution in [0.1, 0.15) is 30.8 Å². The van der Waals surface area contributed by atoms with Gasteiger partial charge in [-0.2, -0.15) is 5.10 Å². The Morgan fingerprint density at radius 3 is 2.26 bits per heavy atom. The quantitative estimate of drug-likeness (QED) is 0.432. The molecule has 0 aliphatic rings. The van der Waals surface area contributed by atoms with Crippen molar-refractivity contribution in [1.29, 1.82) is 0 Å². The standard InChI is InChI=1S/C23H28Cl2N4OS/c1-6-29(7-2)14-17-9-8-10-18(11-17)19-12-20(24)23(21(25)13-19)31(30)27-22-15(3)26-28(5)16(22)4/h8-13,27H,6-7,14H2,1-5H3. The van der Waals surface area contributed by atoms with Crippen molar-refractivity contribution in [3.05, 3.63) is 63.4 Å². The van der Waals surface area contributed by atoms with Gasteiger partial charge in [-0.15, -0.1) is 0 Å². The minimum absolute atomic E-state index is 0.363. The molecule has 0 spiro atoms. The van der Waals surface area contributed by atoms with Crippen LogP contribution in [0.4, 0.5) is 5.69 Å². The van der Waals surface area contributed by atoms with Crippen molar-refractivity contribution in [3.8, 4) is 11.1 Å². The van der Waals surface area contributed by atoms with Gasteiger partial charge in [0.1, 0.15) is 0 Å². The summed E-state index contributed by atoms with van der Waals surface area (Å²) in [6.45, 7) is 11.0. The van der Waals surface area contributed by atoms with Crippen molar-refractivity contribution >= 4 is 39.9 Å². The second-order valence-electron chi connectivity index (χ2n) is 7.47. The Hall–Kier alpha value is -1.86. The molecule has 0 bridgehead atoms. The van der Waals surface area contributed by atoms with Gasteiger partial charge in [0.05, 0.1) is 32.0 Å². The Morgan fingerprint density at radius 2 is 1.71 bits per heavy atom. The number of benzene rings is 2. The molecule has 0 amide bonds. The largest absolute Gasteiger partial charge is 0.300 e. The van der Waals surface area contributed by atoms with E-state index in [0.717, 1.165) is 47.8 Å². The van der Waals surface area contributed by atoms with Crippen LogP contribution in [-0.2, 0) is 24.6 Å². The third kappa shape index (κ3) is 5.32. The van der Waals surface area contributed by atoms with Crippen molar-refractivity contribution in [2.45, 2.75) is 39.1 Å². The van der Waals surface area contributed by atoms with Crippen LogP contribution in [0.5, 0.6) is 0 Å². The molecule has 3 aromatic rings. The maximum atomic E-state index is 13.0. The summed E-state index contributed by atoms with van der Waals surface area (Å²) in [6, 6.07) is 12.0. The molecule has 0 saturated carbocycles. The van der Waals surface area contributed by atoms with E-state index in [9.17, 15) is 4.21 Å². The number of halogens is 2. The van der Waals surface area contributed by atoms with E-state index in [1.54, 1.807) is 4.68 Å². The average molecular weight is 479 g/mol. The fraction of sp³-hybridized carbons (Fsp3) is 0.348. The summed E-state index contributed by atoms with van der Waals surface area (Å²) in [4.78, 5) is 2.73. The summed E-state index contributed by atoms with van der Waals surface area (Å²) < 4.78 is 17.8. The average Bonchev–Trinajstić information content (AvgIpc) is 2.97. The fourth-order valence-electron chi connectivity index (χ4n) is 3.52.